The highest BCUT2D eigenvalue weighted by molar-refractivity contribution is 5.85. The Bertz CT molecular complexity index is 712. The van der Waals surface area contributed by atoms with Crippen LogP contribution >= 0.6 is 24.8 Å². The van der Waals surface area contributed by atoms with Crippen LogP contribution in [0.25, 0.3) is 5.69 Å². The molecule has 8 heteroatoms. The summed E-state index contributed by atoms with van der Waals surface area (Å²) in [4.78, 5) is 12.2. The van der Waals surface area contributed by atoms with Crippen LogP contribution in [-0.4, -0.2) is 41.5 Å². The van der Waals surface area contributed by atoms with Crippen molar-refractivity contribution in [3.8, 4) is 5.69 Å². The van der Waals surface area contributed by atoms with E-state index in [1.165, 1.54) is 0 Å². The number of rotatable bonds is 4. The standard InChI is InChI=1S/C18H24N4O2.2ClH/c1-12-10-13(2)22(21-12)16-6-4-15(5-7-16)14(3)20-18(23)17-11-24-9-8-19-17;;/h4-7,10,14,17,19H,8-9,11H2,1-3H3,(H,20,23);2*1H. The lowest BCUT2D eigenvalue weighted by molar-refractivity contribution is -0.126. The summed E-state index contributed by atoms with van der Waals surface area (Å²) >= 11 is 0. The summed E-state index contributed by atoms with van der Waals surface area (Å²) in [5.41, 5.74) is 4.18. The number of aryl methyl sites for hydroxylation is 2. The normalized spacial score (nSPS) is 17.6. The summed E-state index contributed by atoms with van der Waals surface area (Å²) in [5.74, 6) is -0.0233. The van der Waals surface area contributed by atoms with E-state index in [0.717, 1.165) is 22.6 Å². The molecule has 2 aromatic rings. The number of hydrogen-bond acceptors (Lipinski definition) is 4. The predicted molar refractivity (Wildman–Crippen MR) is 107 cm³/mol. The molecule has 6 nitrogen and oxygen atoms in total. The second kappa shape index (κ2) is 9.92. The molecule has 2 heterocycles. The zero-order chi connectivity index (χ0) is 17.1. The van der Waals surface area contributed by atoms with Crippen molar-refractivity contribution in [1.82, 2.24) is 20.4 Å². The molecule has 3 rings (SSSR count). The lowest BCUT2D eigenvalue weighted by atomic mass is 10.1. The molecular weight excluding hydrogens is 375 g/mol. The number of carbonyl (C=O) groups excluding carboxylic acids is 1. The first kappa shape index (κ1) is 22.4. The Hall–Kier alpha value is -1.60. The minimum atomic E-state index is -0.268. The maximum Gasteiger partial charge on any atom is 0.240 e. The first-order chi connectivity index (χ1) is 11.5. The molecule has 1 amide bonds. The van der Waals surface area contributed by atoms with Gasteiger partial charge in [0.25, 0.3) is 0 Å². The molecule has 0 bridgehead atoms. The monoisotopic (exact) mass is 400 g/mol. The SMILES string of the molecule is Cc1cc(C)n(-c2ccc(C(C)NC(=O)C3COCCN3)cc2)n1.Cl.Cl. The Balaban J connectivity index is 0.00000169. The largest absolute Gasteiger partial charge is 0.378 e. The predicted octanol–water partition coefficient (Wildman–Crippen LogP) is 2.50. The summed E-state index contributed by atoms with van der Waals surface area (Å²) in [6, 6.07) is 9.84. The van der Waals surface area contributed by atoms with Gasteiger partial charge in [-0.25, -0.2) is 4.68 Å². The Morgan fingerprint density at radius 2 is 2.00 bits per heavy atom. The van der Waals surface area contributed by atoms with E-state index in [0.29, 0.717) is 19.8 Å². The van der Waals surface area contributed by atoms with E-state index in [2.05, 4.69) is 21.8 Å². The van der Waals surface area contributed by atoms with Gasteiger partial charge in [0.05, 0.1) is 30.6 Å². The number of hydrogen-bond donors (Lipinski definition) is 2. The minimum absolute atomic E-state index is 0. The molecule has 2 unspecified atom stereocenters. The van der Waals surface area contributed by atoms with Crippen LogP contribution in [0, 0.1) is 13.8 Å². The number of nitrogens with one attached hydrogen (secondary N) is 2. The van der Waals surface area contributed by atoms with Crippen LogP contribution in [0.3, 0.4) is 0 Å². The van der Waals surface area contributed by atoms with Crippen molar-refractivity contribution in [2.24, 2.45) is 0 Å². The van der Waals surface area contributed by atoms with Gasteiger partial charge in [-0.3, -0.25) is 4.79 Å². The molecule has 2 N–H and O–H groups in total. The van der Waals surface area contributed by atoms with Gasteiger partial charge in [-0.1, -0.05) is 12.1 Å². The summed E-state index contributed by atoms with van der Waals surface area (Å²) < 4.78 is 7.26. The molecule has 1 fully saturated rings. The molecule has 1 aliphatic rings. The molecule has 144 valence electrons. The Morgan fingerprint density at radius 3 is 2.54 bits per heavy atom. The maximum absolute atomic E-state index is 12.2. The number of amides is 1. The topological polar surface area (TPSA) is 68.2 Å². The van der Waals surface area contributed by atoms with Crippen LogP contribution in [0.15, 0.2) is 30.3 Å². The lowest BCUT2D eigenvalue weighted by Crippen LogP contribution is -2.51. The van der Waals surface area contributed by atoms with Crippen molar-refractivity contribution >= 4 is 30.7 Å². The van der Waals surface area contributed by atoms with Crippen molar-refractivity contribution in [3.63, 3.8) is 0 Å². The van der Waals surface area contributed by atoms with Crippen molar-refractivity contribution in [2.45, 2.75) is 32.9 Å². The van der Waals surface area contributed by atoms with Crippen LogP contribution < -0.4 is 10.6 Å². The van der Waals surface area contributed by atoms with E-state index < -0.39 is 0 Å². The van der Waals surface area contributed by atoms with Crippen molar-refractivity contribution in [1.29, 1.82) is 0 Å². The van der Waals surface area contributed by atoms with Gasteiger partial charge in [0.1, 0.15) is 6.04 Å². The molecule has 0 spiro atoms. The van der Waals surface area contributed by atoms with Crippen molar-refractivity contribution in [3.05, 3.63) is 47.3 Å². The zero-order valence-corrected chi connectivity index (χ0v) is 16.8. The zero-order valence-electron chi connectivity index (χ0n) is 15.2. The number of aromatic nitrogens is 2. The molecule has 1 aromatic heterocycles. The highest BCUT2D eigenvalue weighted by Gasteiger charge is 2.22. The number of benzene rings is 1. The van der Waals surface area contributed by atoms with Crippen LogP contribution in [0.1, 0.15) is 29.9 Å². The summed E-state index contributed by atoms with van der Waals surface area (Å²) in [7, 11) is 0. The fourth-order valence-electron chi connectivity index (χ4n) is 2.93. The molecule has 0 saturated carbocycles. The second-order valence-electron chi connectivity index (χ2n) is 6.24. The average molecular weight is 401 g/mol. The molecular formula is C18H26Cl2N4O2. The first-order valence-electron chi connectivity index (χ1n) is 8.29. The number of morpholine rings is 1. The third-order valence-corrected chi connectivity index (χ3v) is 4.24. The average Bonchev–Trinajstić information content (AvgIpc) is 2.94. The maximum atomic E-state index is 12.2. The molecule has 1 saturated heterocycles. The van der Waals surface area contributed by atoms with Gasteiger partial charge in [0, 0.05) is 12.2 Å². The van der Waals surface area contributed by atoms with E-state index in [4.69, 9.17) is 4.74 Å². The number of carbonyl (C=O) groups is 1. The van der Waals surface area contributed by atoms with Gasteiger partial charge in [-0.05, 0) is 44.5 Å². The third-order valence-electron chi connectivity index (χ3n) is 4.24. The van der Waals surface area contributed by atoms with Crippen LogP contribution in [0.2, 0.25) is 0 Å². The van der Waals surface area contributed by atoms with Gasteiger partial charge >= 0.3 is 0 Å². The van der Waals surface area contributed by atoms with Gasteiger partial charge < -0.3 is 15.4 Å². The fourth-order valence-corrected chi connectivity index (χ4v) is 2.93. The molecule has 1 aromatic carbocycles. The first-order valence-corrected chi connectivity index (χ1v) is 8.29. The number of nitrogens with zero attached hydrogens (tertiary/aromatic N) is 2. The van der Waals surface area contributed by atoms with Gasteiger partial charge in [-0.15, -0.1) is 24.8 Å². The smallest absolute Gasteiger partial charge is 0.240 e. The molecule has 0 aliphatic carbocycles. The van der Waals surface area contributed by atoms with Crippen molar-refractivity contribution < 1.29 is 9.53 Å². The summed E-state index contributed by atoms with van der Waals surface area (Å²) in [5, 5.41) is 10.7. The number of ether oxygens (including phenoxy) is 1. The van der Waals surface area contributed by atoms with Crippen LogP contribution in [-0.2, 0) is 9.53 Å². The van der Waals surface area contributed by atoms with Gasteiger partial charge in [0.15, 0.2) is 0 Å². The third kappa shape index (κ3) is 5.20. The fraction of sp³-hybridized carbons (Fsp3) is 0.444. The Morgan fingerprint density at radius 1 is 1.31 bits per heavy atom. The highest BCUT2D eigenvalue weighted by atomic mass is 35.5. The van der Waals surface area contributed by atoms with E-state index in [-0.39, 0.29) is 42.8 Å². The second-order valence-corrected chi connectivity index (χ2v) is 6.24. The molecule has 2 atom stereocenters. The molecule has 26 heavy (non-hydrogen) atoms. The minimum Gasteiger partial charge on any atom is -0.378 e. The van der Waals surface area contributed by atoms with Gasteiger partial charge in [0.2, 0.25) is 5.91 Å². The Kier molecular flexibility index (Phi) is 8.56. The van der Waals surface area contributed by atoms with Crippen molar-refractivity contribution in [2.75, 3.05) is 19.8 Å². The van der Waals surface area contributed by atoms with E-state index in [1.807, 2.05) is 49.7 Å². The Labute approximate surface area is 166 Å². The van der Waals surface area contributed by atoms with E-state index >= 15 is 0 Å². The lowest BCUT2D eigenvalue weighted by Gasteiger charge is -2.25. The summed E-state index contributed by atoms with van der Waals surface area (Å²) in [6.45, 7) is 7.81. The quantitative estimate of drug-likeness (QED) is 0.826. The van der Waals surface area contributed by atoms with Gasteiger partial charge in [-0.2, -0.15) is 5.10 Å². The molecule has 1 aliphatic heterocycles. The van der Waals surface area contributed by atoms with E-state index in [9.17, 15) is 4.79 Å². The number of halogens is 2. The molecule has 0 radical (unpaired) electrons. The highest BCUT2D eigenvalue weighted by Crippen LogP contribution is 2.17. The van der Waals surface area contributed by atoms with Crippen LogP contribution in [0.5, 0.6) is 0 Å². The summed E-state index contributed by atoms with van der Waals surface area (Å²) in [6.07, 6.45) is 0. The van der Waals surface area contributed by atoms with Crippen LogP contribution in [0.4, 0.5) is 0 Å². The van der Waals surface area contributed by atoms with E-state index in [1.54, 1.807) is 0 Å².